The number of nitrogens with zero attached hydrogens (tertiary/aromatic N) is 4. The maximum Gasteiger partial charge on any atom is 0.148 e. The van der Waals surface area contributed by atoms with Crippen LogP contribution in [0.4, 0.5) is 5.82 Å². The highest BCUT2D eigenvalue weighted by Crippen LogP contribution is 2.15. The third kappa shape index (κ3) is 2.47. The highest BCUT2D eigenvalue weighted by Gasteiger charge is 2.11. The van der Waals surface area contributed by atoms with E-state index in [1.807, 2.05) is 23.5 Å². The van der Waals surface area contributed by atoms with Crippen LogP contribution in [0.1, 0.15) is 6.92 Å². The van der Waals surface area contributed by atoms with Crippen molar-refractivity contribution in [2.75, 3.05) is 24.6 Å². The van der Waals surface area contributed by atoms with Gasteiger partial charge in [-0.1, -0.05) is 0 Å². The Balaban J connectivity index is 2.10. The number of hydrogen-bond donors (Lipinski definition) is 0. The van der Waals surface area contributed by atoms with E-state index >= 15 is 0 Å². The predicted molar refractivity (Wildman–Crippen MR) is 65.0 cm³/mol. The first-order chi connectivity index (χ1) is 7.29. The van der Waals surface area contributed by atoms with Gasteiger partial charge in [-0.2, -0.15) is 5.10 Å². The smallest absolute Gasteiger partial charge is 0.148 e. The van der Waals surface area contributed by atoms with Gasteiger partial charge in [-0.25, -0.2) is 9.99 Å². The maximum atomic E-state index is 4.34. The first kappa shape index (κ1) is 10.4. The van der Waals surface area contributed by atoms with E-state index < -0.39 is 0 Å². The van der Waals surface area contributed by atoms with Gasteiger partial charge < -0.3 is 4.90 Å². The van der Waals surface area contributed by atoms with E-state index in [0.717, 1.165) is 29.9 Å². The molecule has 0 bridgehead atoms. The van der Waals surface area contributed by atoms with Crippen molar-refractivity contribution in [1.82, 2.24) is 9.88 Å². The third-order valence-electron chi connectivity index (χ3n) is 2.34. The molecule has 5 heteroatoms. The van der Waals surface area contributed by atoms with Gasteiger partial charge in [0.15, 0.2) is 0 Å². The topological polar surface area (TPSA) is 31.7 Å². The summed E-state index contributed by atoms with van der Waals surface area (Å²) in [5.74, 6) is 0.894. The van der Waals surface area contributed by atoms with Crippen molar-refractivity contribution >= 4 is 28.1 Å². The molecule has 4 nitrogen and oxygen atoms in total. The van der Waals surface area contributed by atoms with Gasteiger partial charge in [-0.3, -0.25) is 0 Å². The third-order valence-corrected chi connectivity index (χ3v) is 2.80. The van der Waals surface area contributed by atoms with Gasteiger partial charge in [0.1, 0.15) is 12.2 Å². The van der Waals surface area contributed by atoms with Crippen molar-refractivity contribution in [3.05, 3.63) is 22.8 Å². The second-order valence-electron chi connectivity index (χ2n) is 3.32. The second kappa shape index (κ2) is 4.61. The van der Waals surface area contributed by atoms with Crippen LogP contribution in [0.2, 0.25) is 0 Å². The molecule has 15 heavy (non-hydrogen) atoms. The average Bonchev–Trinajstić information content (AvgIpc) is 2.30. The lowest BCUT2D eigenvalue weighted by Crippen LogP contribution is -2.37. The van der Waals surface area contributed by atoms with Crippen molar-refractivity contribution in [3.63, 3.8) is 0 Å². The fraction of sp³-hybridized carbons (Fsp3) is 0.400. The molecule has 80 valence electrons. The van der Waals surface area contributed by atoms with Gasteiger partial charge in [0, 0.05) is 23.8 Å². The molecule has 0 fully saturated rings. The summed E-state index contributed by atoms with van der Waals surface area (Å²) in [5.41, 5.74) is 0. The summed E-state index contributed by atoms with van der Waals surface area (Å²) < 4.78 is 0.988. The van der Waals surface area contributed by atoms with Gasteiger partial charge >= 0.3 is 0 Å². The normalized spacial score (nSPS) is 15.9. The first-order valence-electron chi connectivity index (χ1n) is 4.97. The SMILES string of the molecule is CCN1C=NN(c2ccc(Br)cn2)CC1. The lowest BCUT2D eigenvalue weighted by atomic mass is 10.4. The molecule has 0 N–H and O–H groups in total. The molecule has 0 saturated heterocycles. The van der Waals surface area contributed by atoms with Gasteiger partial charge in [0.25, 0.3) is 0 Å². The Morgan fingerprint density at radius 2 is 2.27 bits per heavy atom. The molecule has 0 amide bonds. The number of rotatable bonds is 2. The van der Waals surface area contributed by atoms with Crippen LogP contribution >= 0.6 is 15.9 Å². The minimum atomic E-state index is 0.888. The molecule has 1 aromatic rings. The van der Waals surface area contributed by atoms with Crippen LogP contribution in [0.3, 0.4) is 0 Å². The quantitative estimate of drug-likeness (QED) is 0.822. The van der Waals surface area contributed by atoms with Gasteiger partial charge in [0.05, 0.1) is 6.54 Å². The van der Waals surface area contributed by atoms with Crippen LogP contribution in [-0.4, -0.2) is 35.9 Å². The van der Waals surface area contributed by atoms with Gasteiger partial charge in [0.2, 0.25) is 0 Å². The van der Waals surface area contributed by atoms with E-state index in [1.54, 1.807) is 6.20 Å². The Kier molecular flexibility index (Phi) is 3.20. The summed E-state index contributed by atoms with van der Waals surface area (Å²) in [5, 5.41) is 6.25. The largest absolute Gasteiger partial charge is 0.360 e. The zero-order chi connectivity index (χ0) is 10.7. The molecular formula is C10H13BrN4. The molecule has 1 aromatic heterocycles. The van der Waals surface area contributed by atoms with Crippen molar-refractivity contribution < 1.29 is 0 Å². The van der Waals surface area contributed by atoms with Crippen LogP contribution < -0.4 is 5.01 Å². The first-order valence-corrected chi connectivity index (χ1v) is 5.76. The lowest BCUT2D eigenvalue weighted by molar-refractivity contribution is 0.436. The summed E-state index contributed by atoms with van der Waals surface area (Å²) in [7, 11) is 0. The van der Waals surface area contributed by atoms with Crippen LogP contribution in [0.5, 0.6) is 0 Å². The maximum absolute atomic E-state index is 4.34. The number of hydrazone groups is 1. The summed E-state index contributed by atoms with van der Waals surface area (Å²) in [6.45, 7) is 5.02. The molecule has 2 rings (SSSR count). The standard InChI is InChI=1S/C10H13BrN4/c1-2-14-5-6-15(13-8-14)10-4-3-9(11)7-12-10/h3-4,7-8H,2,5-6H2,1H3. The molecule has 1 aliphatic heterocycles. The van der Waals surface area contributed by atoms with Crippen molar-refractivity contribution in [3.8, 4) is 0 Å². The van der Waals surface area contributed by atoms with Crippen molar-refractivity contribution in [2.45, 2.75) is 6.92 Å². The zero-order valence-electron chi connectivity index (χ0n) is 8.60. The average molecular weight is 269 g/mol. The highest BCUT2D eigenvalue weighted by molar-refractivity contribution is 9.10. The molecular weight excluding hydrogens is 256 g/mol. The minimum Gasteiger partial charge on any atom is -0.360 e. The highest BCUT2D eigenvalue weighted by atomic mass is 79.9. The molecule has 1 aliphatic rings. The molecule has 0 saturated carbocycles. The van der Waals surface area contributed by atoms with Gasteiger partial charge in [-0.05, 0) is 35.0 Å². The summed E-state index contributed by atoms with van der Waals surface area (Å²) in [6.07, 6.45) is 3.66. The molecule has 0 aliphatic carbocycles. The van der Waals surface area contributed by atoms with E-state index in [1.165, 1.54) is 0 Å². The summed E-state index contributed by atoms with van der Waals surface area (Å²) in [4.78, 5) is 6.48. The van der Waals surface area contributed by atoms with Crippen molar-refractivity contribution in [1.29, 1.82) is 0 Å². The number of aromatic nitrogens is 1. The van der Waals surface area contributed by atoms with E-state index in [2.05, 4.69) is 37.8 Å². The second-order valence-corrected chi connectivity index (χ2v) is 4.23. The molecule has 0 spiro atoms. The van der Waals surface area contributed by atoms with Crippen LogP contribution in [0.25, 0.3) is 0 Å². The Morgan fingerprint density at radius 3 is 2.80 bits per heavy atom. The fourth-order valence-corrected chi connectivity index (χ4v) is 1.64. The minimum absolute atomic E-state index is 0.888. The zero-order valence-corrected chi connectivity index (χ0v) is 10.2. The predicted octanol–water partition coefficient (Wildman–Crippen LogP) is 1.93. The fourth-order valence-electron chi connectivity index (χ4n) is 1.41. The monoisotopic (exact) mass is 268 g/mol. The molecule has 2 heterocycles. The molecule has 0 aromatic carbocycles. The van der Waals surface area contributed by atoms with E-state index in [-0.39, 0.29) is 0 Å². The Bertz CT molecular complexity index is 349. The van der Waals surface area contributed by atoms with E-state index in [4.69, 9.17) is 0 Å². The number of halogens is 1. The van der Waals surface area contributed by atoms with Crippen LogP contribution in [-0.2, 0) is 0 Å². The molecule has 0 atom stereocenters. The molecule has 0 unspecified atom stereocenters. The number of anilines is 1. The van der Waals surface area contributed by atoms with Crippen molar-refractivity contribution in [2.24, 2.45) is 5.10 Å². The van der Waals surface area contributed by atoms with Crippen LogP contribution in [0, 0.1) is 0 Å². The number of pyridine rings is 1. The van der Waals surface area contributed by atoms with E-state index in [9.17, 15) is 0 Å². The van der Waals surface area contributed by atoms with Gasteiger partial charge in [-0.15, -0.1) is 0 Å². The summed E-state index contributed by atoms with van der Waals surface area (Å²) >= 11 is 3.36. The molecule has 0 radical (unpaired) electrons. The number of likely N-dealkylation sites (N-methyl/N-ethyl adjacent to an activating group) is 1. The Labute approximate surface area is 97.7 Å². The lowest BCUT2D eigenvalue weighted by Gasteiger charge is -2.28. The Hall–Kier alpha value is -1.10. The number of hydrogen-bond acceptors (Lipinski definition) is 4. The summed E-state index contributed by atoms with van der Waals surface area (Å²) in [6, 6.07) is 3.94. The Morgan fingerprint density at radius 1 is 1.40 bits per heavy atom. The van der Waals surface area contributed by atoms with Crippen LogP contribution in [0.15, 0.2) is 27.9 Å². The van der Waals surface area contributed by atoms with E-state index in [0.29, 0.717) is 0 Å².